The molecule has 1 fully saturated rings. The van der Waals surface area contributed by atoms with Gasteiger partial charge >= 0.3 is 11.9 Å². The molecule has 186 valence electrons. The summed E-state index contributed by atoms with van der Waals surface area (Å²) in [6.07, 6.45) is -0.593. The largest absolute Gasteiger partial charge is 0.495 e. The molecule has 1 aliphatic heterocycles. The molecule has 10 heteroatoms. The first kappa shape index (κ1) is 26.7. The Morgan fingerprint density at radius 2 is 1.53 bits per heavy atom. The molecule has 0 aliphatic carbocycles. The molecule has 0 atom stereocenters. The fraction of sp³-hybridized carbons (Fsp3) is 0.458. The molecule has 1 aromatic heterocycles. The Kier molecular flexibility index (Phi) is 10.4. The summed E-state index contributed by atoms with van der Waals surface area (Å²) in [4.78, 5) is 35.3. The minimum atomic E-state index is -1.08. The van der Waals surface area contributed by atoms with Crippen LogP contribution in [-0.4, -0.2) is 70.8 Å². The summed E-state index contributed by atoms with van der Waals surface area (Å²) in [5, 5.41) is 18.7. The van der Waals surface area contributed by atoms with Gasteiger partial charge in [0.1, 0.15) is 5.75 Å². The molecule has 1 saturated heterocycles. The number of aliphatic carboxylic acids is 2. The molecular formula is C24H34N4O6. The van der Waals surface area contributed by atoms with Crippen molar-refractivity contribution >= 4 is 23.5 Å². The molecule has 2 heterocycles. The standard InChI is InChI=1S/C20H28N4O2.C4H6O4/c1-16(25)21-14-17-8-9-18(22(17)2)15-23-10-12-24(13-11-23)19-6-4-5-7-20(19)26-3;5-3(6)1-2-4(7)8/h4-9H,10-15H2,1-3H3,(H,21,25);1-2H2,(H,5,6)(H,7,8). The van der Waals surface area contributed by atoms with E-state index in [0.717, 1.165) is 44.2 Å². The maximum atomic E-state index is 11.1. The summed E-state index contributed by atoms with van der Waals surface area (Å²) in [5.74, 6) is -1.22. The lowest BCUT2D eigenvalue weighted by atomic mass is 10.2. The van der Waals surface area contributed by atoms with Crippen LogP contribution in [0.25, 0.3) is 0 Å². The van der Waals surface area contributed by atoms with Crippen LogP contribution in [0.3, 0.4) is 0 Å². The zero-order valence-electron chi connectivity index (χ0n) is 20.0. The van der Waals surface area contributed by atoms with E-state index in [-0.39, 0.29) is 18.7 Å². The van der Waals surface area contributed by atoms with Crippen LogP contribution in [0.2, 0.25) is 0 Å². The van der Waals surface area contributed by atoms with Gasteiger partial charge in [-0.15, -0.1) is 0 Å². The number of methoxy groups -OCH3 is 1. The number of aromatic nitrogens is 1. The van der Waals surface area contributed by atoms with Gasteiger partial charge in [0.15, 0.2) is 0 Å². The summed E-state index contributed by atoms with van der Waals surface area (Å²) in [7, 11) is 3.79. The second-order valence-corrected chi connectivity index (χ2v) is 8.01. The number of hydrogen-bond donors (Lipinski definition) is 3. The third kappa shape index (κ3) is 8.43. The highest BCUT2D eigenvalue weighted by Crippen LogP contribution is 2.28. The second kappa shape index (κ2) is 13.2. The minimum absolute atomic E-state index is 0.000196. The van der Waals surface area contributed by atoms with E-state index in [0.29, 0.717) is 6.54 Å². The Labute approximate surface area is 199 Å². The number of nitrogens with one attached hydrogen (secondary N) is 1. The van der Waals surface area contributed by atoms with Crippen LogP contribution in [0, 0.1) is 0 Å². The monoisotopic (exact) mass is 474 g/mol. The summed E-state index contributed by atoms with van der Waals surface area (Å²) < 4.78 is 7.67. The Morgan fingerprint density at radius 1 is 0.941 bits per heavy atom. The number of anilines is 1. The van der Waals surface area contributed by atoms with Crippen LogP contribution in [-0.2, 0) is 34.5 Å². The molecule has 1 aliphatic rings. The van der Waals surface area contributed by atoms with Gasteiger partial charge in [-0.2, -0.15) is 0 Å². The van der Waals surface area contributed by atoms with Gasteiger partial charge in [0.2, 0.25) is 5.91 Å². The van der Waals surface area contributed by atoms with E-state index in [2.05, 4.69) is 51.0 Å². The number of carboxylic acids is 2. The number of carboxylic acid groups (broad SMARTS) is 2. The summed E-state index contributed by atoms with van der Waals surface area (Å²) in [6, 6.07) is 12.5. The second-order valence-electron chi connectivity index (χ2n) is 8.01. The first-order valence-corrected chi connectivity index (χ1v) is 11.1. The number of amides is 1. The summed E-state index contributed by atoms with van der Waals surface area (Å²) in [5.41, 5.74) is 3.57. The maximum Gasteiger partial charge on any atom is 0.303 e. The SMILES string of the molecule is COc1ccccc1N1CCN(Cc2ccc(CNC(C)=O)n2C)CC1.O=C(O)CCC(=O)O. The molecular weight excluding hydrogens is 440 g/mol. The van der Waals surface area contributed by atoms with E-state index in [1.807, 2.05) is 12.1 Å². The Morgan fingerprint density at radius 3 is 2.09 bits per heavy atom. The van der Waals surface area contributed by atoms with Crippen LogP contribution >= 0.6 is 0 Å². The van der Waals surface area contributed by atoms with Crippen molar-refractivity contribution < 1.29 is 29.3 Å². The Balaban J connectivity index is 0.000000440. The van der Waals surface area contributed by atoms with E-state index in [1.165, 1.54) is 11.4 Å². The molecule has 0 saturated carbocycles. The summed E-state index contributed by atoms with van der Waals surface area (Å²) in [6.45, 7) is 7.07. The van der Waals surface area contributed by atoms with Crippen molar-refractivity contribution in [1.82, 2.24) is 14.8 Å². The van der Waals surface area contributed by atoms with Crippen molar-refractivity contribution in [2.75, 3.05) is 38.2 Å². The van der Waals surface area contributed by atoms with Crippen molar-refractivity contribution in [1.29, 1.82) is 0 Å². The first-order chi connectivity index (χ1) is 16.2. The highest BCUT2D eigenvalue weighted by Gasteiger charge is 2.20. The average Bonchev–Trinajstić information content (AvgIpc) is 3.16. The predicted octanol–water partition coefficient (Wildman–Crippen LogP) is 1.93. The molecule has 34 heavy (non-hydrogen) atoms. The molecule has 0 unspecified atom stereocenters. The number of para-hydroxylation sites is 2. The molecule has 1 amide bonds. The van der Waals surface area contributed by atoms with Crippen LogP contribution < -0.4 is 15.0 Å². The van der Waals surface area contributed by atoms with Crippen molar-refractivity contribution in [3.05, 3.63) is 47.8 Å². The van der Waals surface area contributed by atoms with Gasteiger partial charge in [-0.05, 0) is 24.3 Å². The maximum absolute atomic E-state index is 11.1. The average molecular weight is 475 g/mol. The zero-order chi connectivity index (χ0) is 25.1. The first-order valence-electron chi connectivity index (χ1n) is 11.1. The predicted molar refractivity (Wildman–Crippen MR) is 128 cm³/mol. The number of carbonyl (C=O) groups is 3. The number of nitrogens with zero attached hydrogens (tertiary/aromatic N) is 3. The lowest BCUT2D eigenvalue weighted by Gasteiger charge is -2.36. The van der Waals surface area contributed by atoms with E-state index >= 15 is 0 Å². The molecule has 1 aromatic carbocycles. The van der Waals surface area contributed by atoms with Gasteiger partial charge in [0.05, 0.1) is 32.2 Å². The van der Waals surface area contributed by atoms with Crippen LogP contribution in [0.1, 0.15) is 31.2 Å². The molecule has 3 N–H and O–H groups in total. The number of hydrogen-bond acceptors (Lipinski definition) is 6. The van der Waals surface area contributed by atoms with Gasteiger partial charge in [-0.25, -0.2) is 0 Å². The van der Waals surface area contributed by atoms with E-state index in [1.54, 1.807) is 14.0 Å². The van der Waals surface area contributed by atoms with Crippen LogP contribution in [0.4, 0.5) is 5.69 Å². The highest BCUT2D eigenvalue weighted by molar-refractivity contribution is 5.75. The highest BCUT2D eigenvalue weighted by atomic mass is 16.5. The number of carbonyl (C=O) groups excluding carboxylic acids is 1. The van der Waals surface area contributed by atoms with E-state index in [9.17, 15) is 14.4 Å². The molecule has 0 spiro atoms. The summed E-state index contributed by atoms with van der Waals surface area (Å²) >= 11 is 0. The quantitative estimate of drug-likeness (QED) is 0.504. The van der Waals surface area contributed by atoms with Gasteiger partial charge in [0.25, 0.3) is 0 Å². The van der Waals surface area contributed by atoms with E-state index < -0.39 is 11.9 Å². The molecule has 0 bridgehead atoms. The van der Waals surface area contributed by atoms with Gasteiger partial charge < -0.3 is 29.7 Å². The lowest BCUT2D eigenvalue weighted by molar-refractivity contribution is -0.143. The van der Waals surface area contributed by atoms with Crippen molar-refractivity contribution in [3.63, 3.8) is 0 Å². The van der Waals surface area contributed by atoms with Crippen LogP contribution in [0.15, 0.2) is 36.4 Å². The van der Waals surface area contributed by atoms with Crippen LogP contribution in [0.5, 0.6) is 5.75 Å². The topological polar surface area (TPSA) is 124 Å². The Bertz CT molecular complexity index is 952. The fourth-order valence-electron chi connectivity index (χ4n) is 3.63. The Hall–Kier alpha value is -3.53. The van der Waals surface area contributed by atoms with Gasteiger partial charge in [-0.3, -0.25) is 19.3 Å². The lowest BCUT2D eigenvalue weighted by Crippen LogP contribution is -2.46. The number of rotatable bonds is 9. The van der Waals surface area contributed by atoms with Gasteiger partial charge in [0, 0.05) is 58.1 Å². The van der Waals surface area contributed by atoms with Crippen molar-refractivity contribution in [2.45, 2.75) is 32.9 Å². The fourth-order valence-corrected chi connectivity index (χ4v) is 3.63. The number of ether oxygens (including phenoxy) is 1. The van der Waals surface area contributed by atoms with Gasteiger partial charge in [-0.1, -0.05) is 12.1 Å². The third-order valence-electron chi connectivity index (χ3n) is 5.58. The third-order valence-corrected chi connectivity index (χ3v) is 5.58. The smallest absolute Gasteiger partial charge is 0.303 e. The van der Waals surface area contributed by atoms with E-state index in [4.69, 9.17) is 14.9 Å². The normalized spacial score (nSPS) is 13.6. The van der Waals surface area contributed by atoms with Crippen molar-refractivity contribution in [3.8, 4) is 5.75 Å². The number of piperazine rings is 1. The molecule has 2 aromatic rings. The molecule has 10 nitrogen and oxygen atoms in total. The number of benzene rings is 1. The minimum Gasteiger partial charge on any atom is -0.495 e. The molecule has 0 radical (unpaired) electrons. The zero-order valence-corrected chi connectivity index (χ0v) is 20.0. The molecule has 3 rings (SSSR count). The van der Waals surface area contributed by atoms with Crippen molar-refractivity contribution in [2.24, 2.45) is 7.05 Å².